The van der Waals surface area contributed by atoms with Crippen LogP contribution >= 0.6 is 0 Å². The zero-order valence-corrected chi connectivity index (χ0v) is 14.0. The molecule has 2 aliphatic rings. The molecule has 1 spiro atoms. The second-order valence-electron chi connectivity index (χ2n) is 7.05. The molecule has 2 aromatic heterocycles. The van der Waals surface area contributed by atoms with Gasteiger partial charge in [0.2, 0.25) is 5.91 Å². The van der Waals surface area contributed by atoms with Gasteiger partial charge in [-0.2, -0.15) is 0 Å². The van der Waals surface area contributed by atoms with Gasteiger partial charge in [0.15, 0.2) is 0 Å². The van der Waals surface area contributed by atoms with E-state index >= 15 is 0 Å². The predicted molar refractivity (Wildman–Crippen MR) is 90.5 cm³/mol. The van der Waals surface area contributed by atoms with Crippen molar-refractivity contribution in [2.45, 2.75) is 25.8 Å². The molecule has 3 heterocycles. The SMILES string of the molecule is O=C(NCc1cccnc1)C1CN(C(=O)c2ccoc2)CC12CCC2. The number of aromatic nitrogens is 1. The van der Waals surface area contributed by atoms with Gasteiger partial charge in [-0.1, -0.05) is 12.5 Å². The van der Waals surface area contributed by atoms with Gasteiger partial charge >= 0.3 is 0 Å². The summed E-state index contributed by atoms with van der Waals surface area (Å²) in [5.74, 6) is -0.164. The lowest BCUT2D eigenvalue weighted by molar-refractivity contribution is -0.129. The quantitative estimate of drug-likeness (QED) is 0.927. The van der Waals surface area contributed by atoms with Gasteiger partial charge < -0.3 is 14.6 Å². The third-order valence-corrected chi connectivity index (χ3v) is 5.56. The van der Waals surface area contributed by atoms with E-state index in [-0.39, 0.29) is 23.1 Å². The Labute approximate surface area is 146 Å². The van der Waals surface area contributed by atoms with Crippen LogP contribution in [-0.4, -0.2) is 34.8 Å². The summed E-state index contributed by atoms with van der Waals surface area (Å²) < 4.78 is 5.02. The van der Waals surface area contributed by atoms with Crippen molar-refractivity contribution in [2.75, 3.05) is 13.1 Å². The van der Waals surface area contributed by atoms with Crippen molar-refractivity contribution in [3.05, 3.63) is 54.2 Å². The molecule has 0 radical (unpaired) electrons. The van der Waals surface area contributed by atoms with Crippen molar-refractivity contribution >= 4 is 11.8 Å². The number of nitrogens with one attached hydrogen (secondary N) is 1. The van der Waals surface area contributed by atoms with Gasteiger partial charge in [-0.05, 0) is 30.5 Å². The van der Waals surface area contributed by atoms with Gasteiger partial charge in [0, 0.05) is 37.4 Å². The first-order chi connectivity index (χ1) is 12.2. The fraction of sp³-hybridized carbons (Fsp3) is 0.421. The molecule has 2 aromatic rings. The number of carbonyl (C=O) groups is 2. The molecule has 0 bridgehead atoms. The topological polar surface area (TPSA) is 75.4 Å². The minimum absolute atomic E-state index is 0.0334. The van der Waals surface area contributed by atoms with Gasteiger partial charge in [-0.3, -0.25) is 14.6 Å². The smallest absolute Gasteiger partial charge is 0.257 e. The van der Waals surface area contributed by atoms with Crippen LogP contribution in [0.5, 0.6) is 0 Å². The molecular formula is C19H21N3O3. The zero-order valence-electron chi connectivity index (χ0n) is 14.0. The minimum atomic E-state index is -0.145. The lowest BCUT2D eigenvalue weighted by Gasteiger charge is -2.41. The number of furan rings is 1. The Hall–Kier alpha value is -2.63. The molecule has 1 atom stereocenters. The number of rotatable bonds is 4. The average molecular weight is 339 g/mol. The number of likely N-dealkylation sites (tertiary alicyclic amines) is 1. The minimum Gasteiger partial charge on any atom is -0.472 e. The van der Waals surface area contributed by atoms with E-state index in [1.165, 1.54) is 12.5 Å². The zero-order chi connectivity index (χ0) is 17.3. The molecule has 1 unspecified atom stereocenters. The Bertz CT molecular complexity index is 753. The summed E-state index contributed by atoms with van der Waals surface area (Å²) in [6, 6.07) is 5.47. The summed E-state index contributed by atoms with van der Waals surface area (Å²) in [4.78, 5) is 31.3. The third-order valence-electron chi connectivity index (χ3n) is 5.56. The molecule has 4 rings (SSSR count). The molecule has 1 saturated carbocycles. The first-order valence-corrected chi connectivity index (χ1v) is 8.66. The molecule has 1 saturated heterocycles. The van der Waals surface area contributed by atoms with E-state index in [1.54, 1.807) is 23.4 Å². The summed E-state index contributed by atoms with van der Waals surface area (Å²) in [5.41, 5.74) is 1.46. The molecule has 6 nitrogen and oxygen atoms in total. The molecule has 1 N–H and O–H groups in total. The lowest BCUT2D eigenvalue weighted by Crippen LogP contribution is -2.45. The maximum absolute atomic E-state index is 12.8. The summed E-state index contributed by atoms with van der Waals surface area (Å²) in [6.45, 7) is 1.60. The average Bonchev–Trinajstić information content (AvgIpc) is 3.27. The Morgan fingerprint density at radius 1 is 1.36 bits per heavy atom. The first kappa shape index (κ1) is 15.9. The fourth-order valence-corrected chi connectivity index (χ4v) is 4.01. The van der Waals surface area contributed by atoms with E-state index in [4.69, 9.17) is 4.42 Å². The third kappa shape index (κ3) is 2.92. The van der Waals surface area contributed by atoms with E-state index in [1.807, 2.05) is 12.1 Å². The van der Waals surface area contributed by atoms with Gasteiger partial charge in [0.05, 0.1) is 17.7 Å². The Kier molecular flexibility index (Phi) is 4.03. The number of hydrogen-bond donors (Lipinski definition) is 1. The lowest BCUT2D eigenvalue weighted by atomic mass is 9.62. The van der Waals surface area contributed by atoms with Gasteiger partial charge in [0.25, 0.3) is 5.91 Å². The summed E-state index contributed by atoms with van der Waals surface area (Å²) in [6.07, 6.45) is 9.57. The van der Waals surface area contributed by atoms with Crippen LogP contribution in [0, 0.1) is 11.3 Å². The van der Waals surface area contributed by atoms with Crippen LogP contribution < -0.4 is 5.32 Å². The van der Waals surface area contributed by atoms with E-state index < -0.39 is 0 Å². The maximum Gasteiger partial charge on any atom is 0.257 e. The first-order valence-electron chi connectivity index (χ1n) is 8.66. The highest BCUT2D eigenvalue weighted by Crippen LogP contribution is 2.52. The van der Waals surface area contributed by atoms with E-state index in [0.29, 0.717) is 25.2 Å². The van der Waals surface area contributed by atoms with Crippen LogP contribution in [0.1, 0.15) is 35.2 Å². The Morgan fingerprint density at radius 2 is 2.24 bits per heavy atom. The standard InChI is InChI=1S/C19H21N3O3/c23-17(21-10-14-3-1-7-20-9-14)16-11-22(13-19(16)5-2-6-19)18(24)15-4-8-25-12-15/h1,3-4,7-9,12,16H,2,5-6,10-11,13H2,(H,21,23). The van der Waals surface area contributed by atoms with Gasteiger partial charge in [-0.25, -0.2) is 0 Å². The van der Waals surface area contributed by atoms with Crippen molar-refractivity contribution < 1.29 is 14.0 Å². The normalized spacial score (nSPS) is 21.1. The highest BCUT2D eigenvalue weighted by Gasteiger charge is 2.54. The van der Waals surface area contributed by atoms with E-state index in [9.17, 15) is 9.59 Å². The van der Waals surface area contributed by atoms with Crippen molar-refractivity contribution in [1.29, 1.82) is 0 Å². The molecule has 0 aromatic carbocycles. The predicted octanol–water partition coefficient (Wildman–Crippen LogP) is 2.23. The summed E-state index contributed by atoms with van der Waals surface area (Å²) >= 11 is 0. The molecular weight excluding hydrogens is 318 g/mol. The van der Waals surface area contributed by atoms with E-state index in [2.05, 4.69) is 10.3 Å². The van der Waals surface area contributed by atoms with Crippen LogP contribution in [-0.2, 0) is 11.3 Å². The van der Waals surface area contributed by atoms with Gasteiger partial charge in [0.1, 0.15) is 6.26 Å². The fourth-order valence-electron chi connectivity index (χ4n) is 4.01. The molecule has 1 aliphatic heterocycles. The highest BCUT2D eigenvalue weighted by molar-refractivity contribution is 5.95. The molecule has 2 fully saturated rings. The van der Waals surface area contributed by atoms with Crippen LogP contribution in [0.4, 0.5) is 0 Å². The second kappa shape index (κ2) is 6.35. The Balaban J connectivity index is 1.44. The largest absolute Gasteiger partial charge is 0.472 e. The van der Waals surface area contributed by atoms with Crippen molar-refractivity contribution in [2.24, 2.45) is 11.3 Å². The number of nitrogens with zero attached hydrogens (tertiary/aromatic N) is 2. The number of amides is 2. The van der Waals surface area contributed by atoms with Crippen molar-refractivity contribution in [3.8, 4) is 0 Å². The Morgan fingerprint density at radius 3 is 2.88 bits per heavy atom. The van der Waals surface area contributed by atoms with Crippen LogP contribution in [0.25, 0.3) is 0 Å². The maximum atomic E-state index is 12.8. The van der Waals surface area contributed by atoms with Gasteiger partial charge in [-0.15, -0.1) is 0 Å². The molecule has 130 valence electrons. The number of carbonyl (C=O) groups excluding carboxylic acids is 2. The summed E-state index contributed by atoms with van der Waals surface area (Å²) in [5, 5.41) is 3.02. The highest BCUT2D eigenvalue weighted by atomic mass is 16.3. The second-order valence-corrected chi connectivity index (χ2v) is 7.05. The van der Waals surface area contributed by atoms with Crippen LogP contribution in [0.3, 0.4) is 0 Å². The molecule has 1 aliphatic carbocycles. The summed E-state index contributed by atoms with van der Waals surface area (Å²) in [7, 11) is 0. The number of hydrogen-bond acceptors (Lipinski definition) is 4. The van der Waals surface area contributed by atoms with E-state index in [0.717, 1.165) is 24.8 Å². The molecule has 2 amide bonds. The van der Waals surface area contributed by atoms with Crippen LogP contribution in [0.2, 0.25) is 0 Å². The van der Waals surface area contributed by atoms with Crippen molar-refractivity contribution in [3.63, 3.8) is 0 Å². The monoisotopic (exact) mass is 339 g/mol. The molecule has 25 heavy (non-hydrogen) atoms. The molecule has 6 heteroatoms. The number of pyridine rings is 1. The van der Waals surface area contributed by atoms with Crippen LogP contribution in [0.15, 0.2) is 47.5 Å². The van der Waals surface area contributed by atoms with Crippen molar-refractivity contribution in [1.82, 2.24) is 15.2 Å².